The van der Waals surface area contributed by atoms with Gasteiger partial charge in [-0.2, -0.15) is 26.3 Å². The number of rotatable bonds is 4. The van der Waals surface area contributed by atoms with Crippen molar-refractivity contribution in [1.82, 2.24) is 19.8 Å². The van der Waals surface area contributed by atoms with Crippen LogP contribution in [-0.4, -0.2) is 57.6 Å². The van der Waals surface area contributed by atoms with E-state index in [9.17, 15) is 31.1 Å². The van der Waals surface area contributed by atoms with Crippen LogP contribution in [-0.2, 0) is 17.1 Å². The van der Waals surface area contributed by atoms with E-state index < -0.39 is 23.7 Å². The number of carbonyl (C=O) groups excluding carboxylic acids is 1. The van der Waals surface area contributed by atoms with Crippen molar-refractivity contribution in [3.05, 3.63) is 35.7 Å². The Balaban J connectivity index is 1.54. The fourth-order valence-electron chi connectivity index (χ4n) is 2.88. The topological polar surface area (TPSA) is 80.3 Å². The van der Waals surface area contributed by atoms with Crippen molar-refractivity contribution in [2.24, 2.45) is 0 Å². The number of carbonyl (C=O) groups is 1. The van der Waals surface area contributed by atoms with Gasteiger partial charge in [0.2, 0.25) is 11.1 Å². The minimum Gasteiger partial charge on any atom is -0.368 e. The van der Waals surface area contributed by atoms with Crippen LogP contribution in [0.15, 0.2) is 29.4 Å². The molecule has 1 aromatic carbocycles. The van der Waals surface area contributed by atoms with E-state index in [1.165, 1.54) is 11.0 Å². The molecule has 1 aliphatic heterocycles. The lowest BCUT2D eigenvalue weighted by atomic mass is 10.1. The SMILES string of the molecule is Nn1c(SCC(=O)N2CCN(c3cccc(C(F)(F)F)c3)CC2)nnc1C(F)(F)F. The molecule has 2 heterocycles. The minimum absolute atomic E-state index is 0.198. The van der Waals surface area contributed by atoms with Crippen molar-refractivity contribution >= 4 is 23.4 Å². The van der Waals surface area contributed by atoms with E-state index in [1.54, 1.807) is 11.0 Å². The van der Waals surface area contributed by atoms with Crippen LogP contribution >= 0.6 is 11.8 Å². The number of aromatic nitrogens is 3. The Labute approximate surface area is 170 Å². The Morgan fingerprint density at radius 3 is 2.27 bits per heavy atom. The van der Waals surface area contributed by atoms with Crippen LogP contribution in [0.25, 0.3) is 0 Å². The summed E-state index contributed by atoms with van der Waals surface area (Å²) in [5.74, 6) is 3.41. The molecule has 3 rings (SSSR count). The number of nitrogens with two attached hydrogens (primary N) is 1. The quantitative estimate of drug-likeness (QED) is 0.435. The van der Waals surface area contributed by atoms with Crippen LogP contribution in [0.1, 0.15) is 11.4 Å². The van der Waals surface area contributed by atoms with Crippen LogP contribution in [0.4, 0.5) is 32.0 Å². The van der Waals surface area contributed by atoms with Gasteiger partial charge in [0, 0.05) is 31.9 Å². The molecule has 1 saturated heterocycles. The maximum absolute atomic E-state index is 12.9. The molecule has 1 amide bonds. The first-order valence-electron chi connectivity index (χ1n) is 8.57. The van der Waals surface area contributed by atoms with Gasteiger partial charge in [-0.1, -0.05) is 17.8 Å². The average molecular weight is 454 g/mol. The molecule has 1 aliphatic rings. The van der Waals surface area contributed by atoms with Gasteiger partial charge in [0.05, 0.1) is 11.3 Å². The monoisotopic (exact) mass is 454 g/mol. The summed E-state index contributed by atoms with van der Waals surface area (Å²) in [5, 5.41) is 6.06. The summed E-state index contributed by atoms with van der Waals surface area (Å²) >= 11 is 0.722. The normalized spacial score (nSPS) is 15.5. The van der Waals surface area contributed by atoms with Gasteiger partial charge in [-0.25, -0.2) is 4.68 Å². The van der Waals surface area contributed by atoms with Crippen LogP contribution in [0.2, 0.25) is 0 Å². The molecule has 164 valence electrons. The van der Waals surface area contributed by atoms with Gasteiger partial charge in [-0.3, -0.25) is 4.79 Å². The molecule has 0 aliphatic carbocycles. The molecule has 2 aromatic rings. The van der Waals surface area contributed by atoms with Crippen molar-refractivity contribution in [3.8, 4) is 0 Å². The molecule has 7 nitrogen and oxygen atoms in total. The third-order valence-corrected chi connectivity index (χ3v) is 5.34. The zero-order chi connectivity index (χ0) is 22.1. The summed E-state index contributed by atoms with van der Waals surface area (Å²) in [7, 11) is 0. The third-order valence-electron chi connectivity index (χ3n) is 4.41. The lowest BCUT2D eigenvalue weighted by molar-refractivity contribution is -0.146. The van der Waals surface area contributed by atoms with Gasteiger partial charge in [0.15, 0.2) is 0 Å². The van der Waals surface area contributed by atoms with Crippen LogP contribution < -0.4 is 10.7 Å². The number of nitrogens with zero attached hydrogens (tertiary/aromatic N) is 5. The number of piperazine rings is 1. The molecular formula is C16H16F6N6OS. The molecule has 30 heavy (non-hydrogen) atoms. The predicted molar refractivity (Wildman–Crippen MR) is 96.1 cm³/mol. The molecule has 0 radical (unpaired) electrons. The van der Waals surface area contributed by atoms with Crippen LogP contribution in [0.3, 0.4) is 0 Å². The second kappa shape index (κ2) is 8.24. The summed E-state index contributed by atoms with van der Waals surface area (Å²) < 4.78 is 76.9. The number of anilines is 1. The van der Waals surface area contributed by atoms with Gasteiger partial charge < -0.3 is 15.6 Å². The molecular weight excluding hydrogens is 438 g/mol. The minimum atomic E-state index is -4.76. The summed E-state index contributed by atoms with van der Waals surface area (Å²) in [6, 6.07) is 4.93. The highest BCUT2D eigenvalue weighted by atomic mass is 32.2. The number of benzene rings is 1. The fraction of sp³-hybridized carbons (Fsp3) is 0.438. The summed E-state index contributed by atoms with van der Waals surface area (Å²) in [5.41, 5.74) is -0.346. The zero-order valence-electron chi connectivity index (χ0n) is 15.2. The largest absolute Gasteiger partial charge is 0.453 e. The molecule has 1 aromatic heterocycles. The number of thioether (sulfide) groups is 1. The smallest absolute Gasteiger partial charge is 0.368 e. The number of nitrogen functional groups attached to an aromatic ring is 1. The molecule has 0 unspecified atom stereocenters. The first-order valence-corrected chi connectivity index (χ1v) is 9.56. The average Bonchev–Trinajstić information content (AvgIpc) is 3.06. The van der Waals surface area contributed by atoms with Crippen molar-refractivity contribution < 1.29 is 31.1 Å². The predicted octanol–water partition coefficient (Wildman–Crippen LogP) is 2.47. The molecule has 0 atom stereocenters. The Hall–Kier alpha value is -2.64. The van der Waals surface area contributed by atoms with E-state index >= 15 is 0 Å². The summed E-state index contributed by atoms with van der Waals surface area (Å²) in [4.78, 5) is 15.6. The first-order chi connectivity index (χ1) is 14.0. The standard InChI is InChI=1S/C16H16F6N6OS/c17-15(18,19)10-2-1-3-11(8-10)26-4-6-27(7-5-26)12(29)9-30-14-25-24-13(28(14)23)16(20,21)22/h1-3,8H,4-7,9,23H2. The Kier molecular flexibility index (Phi) is 6.06. The summed E-state index contributed by atoms with van der Waals surface area (Å²) in [6.45, 7) is 1.17. The van der Waals surface area contributed by atoms with Gasteiger partial charge in [0.25, 0.3) is 5.82 Å². The van der Waals surface area contributed by atoms with Crippen molar-refractivity contribution in [3.63, 3.8) is 0 Å². The third kappa shape index (κ3) is 4.91. The van der Waals surface area contributed by atoms with Gasteiger partial charge in [-0.05, 0) is 18.2 Å². The highest BCUT2D eigenvalue weighted by molar-refractivity contribution is 7.99. The molecule has 0 bridgehead atoms. The molecule has 1 fully saturated rings. The van der Waals surface area contributed by atoms with E-state index in [1.807, 2.05) is 0 Å². The maximum atomic E-state index is 12.9. The Bertz CT molecular complexity index is 906. The van der Waals surface area contributed by atoms with Crippen molar-refractivity contribution in [2.45, 2.75) is 17.5 Å². The number of hydrogen-bond acceptors (Lipinski definition) is 6. The van der Waals surface area contributed by atoms with E-state index in [0.29, 0.717) is 18.8 Å². The van der Waals surface area contributed by atoms with Crippen molar-refractivity contribution in [2.75, 3.05) is 42.7 Å². The van der Waals surface area contributed by atoms with E-state index in [4.69, 9.17) is 5.84 Å². The highest BCUT2D eigenvalue weighted by Crippen LogP contribution is 2.32. The number of alkyl halides is 6. The molecule has 14 heteroatoms. The molecule has 0 spiro atoms. The lowest BCUT2D eigenvalue weighted by Gasteiger charge is -2.36. The maximum Gasteiger partial charge on any atom is 0.453 e. The summed E-state index contributed by atoms with van der Waals surface area (Å²) in [6.07, 6.45) is -9.20. The van der Waals surface area contributed by atoms with E-state index in [2.05, 4.69) is 10.2 Å². The fourth-order valence-corrected chi connectivity index (χ4v) is 3.64. The highest BCUT2D eigenvalue weighted by Gasteiger charge is 2.38. The van der Waals surface area contributed by atoms with Gasteiger partial charge >= 0.3 is 12.4 Å². The lowest BCUT2D eigenvalue weighted by Crippen LogP contribution is -2.49. The number of hydrogen-bond donors (Lipinski definition) is 1. The Morgan fingerprint density at radius 2 is 1.70 bits per heavy atom. The molecule has 2 N–H and O–H groups in total. The van der Waals surface area contributed by atoms with Gasteiger partial charge in [-0.15, -0.1) is 10.2 Å². The van der Waals surface area contributed by atoms with Crippen molar-refractivity contribution in [1.29, 1.82) is 0 Å². The molecule has 0 saturated carbocycles. The van der Waals surface area contributed by atoms with Gasteiger partial charge in [0.1, 0.15) is 0 Å². The van der Waals surface area contributed by atoms with Crippen LogP contribution in [0, 0.1) is 0 Å². The Morgan fingerprint density at radius 1 is 1.03 bits per heavy atom. The second-order valence-electron chi connectivity index (χ2n) is 6.38. The first kappa shape index (κ1) is 22.1. The van der Waals surface area contributed by atoms with Crippen LogP contribution in [0.5, 0.6) is 0 Å². The zero-order valence-corrected chi connectivity index (χ0v) is 16.1. The number of amides is 1. The van der Waals surface area contributed by atoms with E-state index in [0.717, 1.165) is 23.9 Å². The number of halogens is 6. The van der Waals surface area contributed by atoms with E-state index in [-0.39, 0.29) is 34.6 Å². The second-order valence-corrected chi connectivity index (χ2v) is 7.32.